The summed E-state index contributed by atoms with van der Waals surface area (Å²) in [5.41, 5.74) is 4.86. The summed E-state index contributed by atoms with van der Waals surface area (Å²) in [5.74, 6) is -0.212. The summed E-state index contributed by atoms with van der Waals surface area (Å²) in [6, 6.07) is 22.9. The molecule has 3 nitrogen and oxygen atoms in total. The van der Waals surface area contributed by atoms with Crippen LogP contribution in [0.1, 0.15) is 21.5 Å². The highest BCUT2D eigenvalue weighted by Crippen LogP contribution is 2.29. The topological polar surface area (TPSA) is 43.1 Å². The summed E-state index contributed by atoms with van der Waals surface area (Å²) in [7, 11) is 0. The van der Waals surface area contributed by atoms with Crippen molar-refractivity contribution in [2.45, 2.75) is 6.92 Å². The van der Waals surface area contributed by atoms with E-state index in [9.17, 15) is 10.0 Å². The van der Waals surface area contributed by atoms with Crippen molar-refractivity contribution in [1.29, 1.82) is 0 Å². The number of carbonyl (C=O) groups is 1. The van der Waals surface area contributed by atoms with Crippen LogP contribution in [0.4, 0.5) is 5.69 Å². The number of nitrogens with zero attached hydrogens (tertiary/aromatic N) is 1. The van der Waals surface area contributed by atoms with Crippen molar-refractivity contribution in [3.8, 4) is 11.1 Å². The average Bonchev–Trinajstić information content (AvgIpc) is 2.86. The first-order chi connectivity index (χ1) is 11.6. The lowest BCUT2D eigenvalue weighted by Gasteiger charge is -2.04. The van der Waals surface area contributed by atoms with Crippen molar-refractivity contribution in [3.05, 3.63) is 94.7 Å². The molecule has 0 spiro atoms. The molecule has 0 bridgehead atoms. The van der Waals surface area contributed by atoms with Crippen molar-refractivity contribution in [2.24, 2.45) is 0 Å². The maximum atomic E-state index is 12.6. The molecule has 1 aliphatic rings. The first-order valence-electron chi connectivity index (χ1n) is 7.80. The second kappa shape index (κ2) is 5.46. The minimum Gasteiger partial charge on any atom is -0.618 e. The monoisotopic (exact) mass is 313 g/mol. The van der Waals surface area contributed by atoms with E-state index >= 15 is 0 Å². The SMILES string of the molecule is Cc1ccc2c(c1)C(=O)C(c1ccc(-c3ccccc3)cc1)=[N+]2[O-]. The van der Waals surface area contributed by atoms with E-state index in [0.29, 0.717) is 16.8 Å². The van der Waals surface area contributed by atoms with Crippen LogP contribution in [-0.2, 0) is 0 Å². The van der Waals surface area contributed by atoms with E-state index in [1.807, 2.05) is 67.6 Å². The molecule has 0 amide bonds. The third-order valence-electron chi connectivity index (χ3n) is 4.30. The van der Waals surface area contributed by atoms with Gasteiger partial charge in [0.1, 0.15) is 5.56 Å². The molecule has 1 aliphatic heterocycles. The van der Waals surface area contributed by atoms with Gasteiger partial charge in [-0.1, -0.05) is 48.5 Å². The van der Waals surface area contributed by atoms with Gasteiger partial charge in [-0.2, -0.15) is 4.74 Å². The van der Waals surface area contributed by atoms with Crippen molar-refractivity contribution in [3.63, 3.8) is 0 Å². The zero-order valence-corrected chi connectivity index (χ0v) is 13.2. The molecule has 116 valence electrons. The largest absolute Gasteiger partial charge is 0.618 e. The Morgan fingerprint density at radius 1 is 0.792 bits per heavy atom. The number of aryl methyl sites for hydroxylation is 1. The van der Waals surface area contributed by atoms with Crippen LogP contribution >= 0.6 is 0 Å². The highest BCUT2D eigenvalue weighted by molar-refractivity contribution is 6.52. The highest BCUT2D eigenvalue weighted by atomic mass is 16.5. The van der Waals surface area contributed by atoms with Gasteiger partial charge in [-0.25, -0.2) is 0 Å². The molecule has 0 saturated carbocycles. The summed E-state index contributed by atoms with van der Waals surface area (Å²) in [4.78, 5) is 12.6. The van der Waals surface area contributed by atoms with Crippen LogP contribution in [0.25, 0.3) is 11.1 Å². The third kappa shape index (κ3) is 2.22. The molecule has 0 atom stereocenters. The Labute approximate surface area is 140 Å². The number of hydrogen-bond acceptors (Lipinski definition) is 2. The Kier molecular flexibility index (Phi) is 3.28. The van der Waals surface area contributed by atoms with Crippen molar-refractivity contribution in [2.75, 3.05) is 0 Å². The number of benzene rings is 3. The van der Waals surface area contributed by atoms with Crippen LogP contribution in [0.2, 0.25) is 0 Å². The molecule has 0 aliphatic carbocycles. The number of ketones is 1. The molecule has 0 radical (unpaired) electrons. The second-order valence-corrected chi connectivity index (χ2v) is 5.94. The molecule has 0 fully saturated rings. The molecule has 0 N–H and O–H groups in total. The molecule has 24 heavy (non-hydrogen) atoms. The van der Waals surface area contributed by atoms with Crippen molar-refractivity contribution < 1.29 is 9.53 Å². The summed E-state index contributed by atoms with van der Waals surface area (Å²) < 4.78 is 0.745. The summed E-state index contributed by atoms with van der Waals surface area (Å²) in [5, 5.41) is 12.5. The fraction of sp³-hybridized carbons (Fsp3) is 0.0476. The van der Waals surface area contributed by atoms with E-state index in [0.717, 1.165) is 21.4 Å². The minimum atomic E-state index is -0.212. The van der Waals surface area contributed by atoms with Gasteiger partial charge in [0.05, 0.1) is 5.56 Å². The number of carbonyl (C=O) groups excluding carboxylic acids is 1. The number of rotatable bonds is 2. The Morgan fingerprint density at radius 3 is 2.12 bits per heavy atom. The van der Waals surface area contributed by atoms with Gasteiger partial charge in [0.2, 0.25) is 5.69 Å². The van der Waals surface area contributed by atoms with Crippen molar-refractivity contribution in [1.82, 2.24) is 0 Å². The first-order valence-corrected chi connectivity index (χ1v) is 7.80. The third-order valence-corrected chi connectivity index (χ3v) is 4.30. The van der Waals surface area contributed by atoms with Gasteiger partial charge >= 0.3 is 0 Å². The highest BCUT2D eigenvalue weighted by Gasteiger charge is 2.36. The zero-order valence-electron chi connectivity index (χ0n) is 13.2. The maximum Gasteiger partial charge on any atom is 0.272 e. The lowest BCUT2D eigenvalue weighted by Crippen LogP contribution is -2.16. The lowest BCUT2D eigenvalue weighted by atomic mass is 9.99. The molecular formula is C21H15NO2. The van der Waals surface area contributed by atoms with E-state index in [1.54, 1.807) is 12.1 Å². The van der Waals surface area contributed by atoms with Gasteiger partial charge in [0.15, 0.2) is 0 Å². The van der Waals surface area contributed by atoms with Crippen LogP contribution < -0.4 is 0 Å². The minimum absolute atomic E-state index is 0.190. The van der Waals surface area contributed by atoms with Gasteiger partial charge < -0.3 is 5.21 Å². The molecular weight excluding hydrogens is 298 g/mol. The predicted octanol–water partition coefficient (Wildman–Crippen LogP) is 4.49. The van der Waals surface area contributed by atoms with Gasteiger partial charge in [0.25, 0.3) is 11.5 Å². The number of Topliss-reactive ketones (excluding diaryl/α,β-unsaturated/α-hetero) is 1. The van der Waals surface area contributed by atoms with Crippen LogP contribution in [0.5, 0.6) is 0 Å². The first kappa shape index (κ1) is 14.4. The van der Waals surface area contributed by atoms with E-state index < -0.39 is 0 Å². The Hall–Kier alpha value is -3.20. The molecule has 0 saturated heterocycles. The summed E-state index contributed by atoms with van der Waals surface area (Å²) in [6.45, 7) is 1.91. The predicted molar refractivity (Wildman–Crippen MR) is 94.8 cm³/mol. The fourth-order valence-electron chi connectivity index (χ4n) is 3.05. The van der Waals surface area contributed by atoms with E-state index in [4.69, 9.17) is 0 Å². The normalized spacial score (nSPS) is 13.3. The number of hydrogen-bond donors (Lipinski definition) is 0. The fourth-order valence-corrected chi connectivity index (χ4v) is 3.05. The second-order valence-electron chi connectivity index (χ2n) is 5.94. The molecule has 0 unspecified atom stereocenters. The van der Waals surface area contributed by atoms with E-state index in [-0.39, 0.29) is 11.5 Å². The molecule has 1 heterocycles. The lowest BCUT2D eigenvalue weighted by molar-refractivity contribution is -0.355. The quantitative estimate of drug-likeness (QED) is 0.517. The zero-order chi connectivity index (χ0) is 16.7. The smallest absolute Gasteiger partial charge is 0.272 e. The van der Waals surface area contributed by atoms with Crippen LogP contribution in [0, 0.1) is 12.1 Å². The van der Waals surface area contributed by atoms with Crippen LogP contribution in [0.15, 0.2) is 72.8 Å². The maximum absolute atomic E-state index is 12.6. The summed E-state index contributed by atoms with van der Waals surface area (Å²) in [6.07, 6.45) is 0. The average molecular weight is 313 g/mol. The molecule has 3 aromatic carbocycles. The molecule has 0 aromatic heterocycles. The van der Waals surface area contributed by atoms with E-state index in [1.165, 1.54) is 0 Å². The molecule has 4 rings (SSSR count). The van der Waals surface area contributed by atoms with Gasteiger partial charge in [-0.05, 0) is 41.8 Å². The molecule has 3 heteroatoms. The van der Waals surface area contributed by atoms with E-state index in [2.05, 4.69) is 0 Å². The Balaban J connectivity index is 1.75. The molecule has 3 aromatic rings. The van der Waals surface area contributed by atoms with Gasteiger partial charge in [-0.15, -0.1) is 0 Å². The Bertz CT molecular complexity index is 970. The van der Waals surface area contributed by atoms with Crippen LogP contribution in [0.3, 0.4) is 0 Å². The summed E-state index contributed by atoms with van der Waals surface area (Å²) >= 11 is 0. The standard InChI is InChI=1S/C21H15NO2/c1-14-7-12-19-18(13-14)21(23)20(22(19)24)17-10-8-16(9-11-17)15-5-3-2-4-6-15/h2-13H,1H3. The van der Waals surface area contributed by atoms with Gasteiger partial charge in [0, 0.05) is 6.07 Å². The van der Waals surface area contributed by atoms with Crippen LogP contribution in [-0.4, -0.2) is 16.2 Å². The number of fused-ring (bicyclic) bond motifs is 1. The van der Waals surface area contributed by atoms with Gasteiger partial charge in [-0.3, -0.25) is 4.79 Å². The van der Waals surface area contributed by atoms with Crippen molar-refractivity contribution >= 4 is 17.2 Å². The Morgan fingerprint density at radius 2 is 1.42 bits per heavy atom.